The van der Waals surface area contributed by atoms with Gasteiger partial charge in [0.25, 0.3) is 5.91 Å². The van der Waals surface area contributed by atoms with Gasteiger partial charge in [-0.1, -0.05) is 31.9 Å². The van der Waals surface area contributed by atoms with Gasteiger partial charge in [-0.15, -0.1) is 0 Å². The first-order valence-corrected chi connectivity index (χ1v) is 23.7. The van der Waals surface area contributed by atoms with Crippen LogP contribution >= 0.6 is 0 Å². The molecule has 4 fully saturated rings. The number of allylic oxidation sites excluding steroid dienone is 1. The highest BCUT2D eigenvalue weighted by Gasteiger charge is 2.70. The summed E-state index contributed by atoms with van der Waals surface area (Å²) in [6, 6.07) is 7.84. The van der Waals surface area contributed by atoms with Crippen LogP contribution in [0.15, 0.2) is 54.9 Å². The minimum atomic E-state index is -4.36. The third kappa shape index (κ3) is 9.16. The molecule has 18 heteroatoms. The number of benzene rings is 1. The van der Waals surface area contributed by atoms with Crippen molar-refractivity contribution in [1.29, 1.82) is 0 Å². The van der Waals surface area contributed by atoms with E-state index in [1.165, 1.54) is 9.80 Å². The molecule has 2 aromatic heterocycles. The minimum Gasteiger partial charge on any atom is -0.496 e. The summed E-state index contributed by atoms with van der Waals surface area (Å²) in [7, 11) is -2.42. The van der Waals surface area contributed by atoms with Gasteiger partial charge in [-0.25, -0.2) is 13.4 Å². The Hall–Kier alpha value is -5.26. The van der Waals surface area contributed by atoms with Crippen LogP contribution in [0, 0.1) is 24.2 Å². The number of likely N-dealkylation sites (tertiary alicyclic amines) is 1. The number of halogens is 3. The second-order valence-corrected chi connectivity index (χ2v) is 20.3. The number of hydrogen-bond donors (Lipinski definition) is 2. The number of carbonyl (C=O) groups is 4. The Kier molecular flexibility index (Phi) is 12.5. The van der Waals surface area contributed by atoms with E-state index in [0.717, 1.165) is 12.0 Å². The first kappa shape index (κ1) is 45.3. The molecule has 3 aliphatic heterocycles. The number of alkyl halides is 3. The Bertz CT molecular complexity index is 2440. The molecule has 14 nitrogen and oxygen atoms in total. The quantitative estimate of drug-likeness (QED) is 0.237. The van der Waals surface area contributed by atoms with Crippen LogP contribution in [0.4, 0.5) is 13.2 Å². The van der Waals surface area contributed by atoms with Gasteiger partial charge >= 0.3 is 6.18 Å². The lowest BCUT2D eigenvalue weighted by molar-refractivity contribution is -0.186. The van der Waals surface area contributed by atoms with E-state index < -0.39 is 80.0 Å². The fourth-order valence-corrected chi connectivity index (χ4v) is 11.0. The molecule has 5 aliphatic rings. The molecule has 1 aromatic carbocycles. The topological polar surface area (TPSA) is 177 Å². The van der Waals surface area contributed by atoms with Gasteiger partial charge in [-0.2, -0.15) is 13.2 Å². The number of carbonyl (C=O) groups excluding carboxylic acids is 4. The zero-order valence-corrected chi connectivity index (χ0v) is 37.1. The van der Waals surface area contributed by atoms with E-state index in [0.29, 0.717) is 72.2 Å². The molecule has 344 valence electrons. The normalized spacial score (nSPS) is 27.7. The van der Waals surface area contributed by atoms with Crippen LogP contribution in [0.5, 0.6) is 11.5 Å². The zero-order chi connectivity index (χ0) is 45.6. The molecule has 0 radical (unpaired) electrons. The monoisotopic (exact) mass is 908 g/mol. The number of aromatic nitrogens is 2. The number of piperidine rings is 1. The second-order valence-electron chi connectivity index (χ2n) is 18.3. The Labute approximate surface area is 370 Å². The summed E-state index contributed by atoms with van der Waals surface area (Å²) in [6.45, 7) is 3.44. The molecule has 8 rings (SSSR count). The molecular formula is C46H55F3N6O8S. The Morgan fingerprint density at radius 2 is 1.80 bits per heavy atom. The van der Waals surface area contributed by atoms with Crippen molar-refractivity contribution >= 4 is 44.6 Å². The standard InChI is InChI=1S/C46H55F3N6O8S/c1-28-37(62-3)15-14-34-38(24-35(51-40(28)34)30-11-9-19-50-25-30)63-32-23-36-41(57)52-45(43(59)53-64(60,61)33-12-13-33)27-44(45,2)18-8-6-4-5-7-10-29(42(58)55(36)26-32)22-39(56)54-20-16-31(17-21-54)46(47,48)49/h8-9,11,14-15,18-19,24-25,29,31-33,36H,4-7,10,12-13,16-17,20-23,26-27H2,1-3H3,(H,52,57)(H,53,59)/b18-8-/t29-,32-,36+,44?,45+/m1/s1. The molecule has 64 heavy (non-hydrogen) atoms. The van der Waals surface area contributed by atoms with Crippen molar-refractivity contribution in [2.24, 2.45) is 17.3 Å². The minimum absolute atomic E-state index is 0.0188. The van der Waals surface area contributed by atoms with Crippen molar-refractivity contribution in [3.63, 3.8) is 0 Å². The molecule has 2 N–H and O–H groups in total. The maximum Gasteiger partial charge on any atom is 0.391 e. The van der Waals surface area contributed by atoms with E-state index >= 15 is 0 Å². The Morgan fingerprint density at radius 3 is 2.48 bits per heavy atom. The average Bonchev–Trinajstić information content (AvgIpc) is 4.18. The highest BCUT2D eigenvalue weighted by Crippen LogP contribution is 2.58. The number of nitrogens with zero attached hydrogens (tertiary/aromatic N) is 4. The van der Waals surface area contributed by atoms with Gasteiger partial charge in [0.1, 0.15) is 29.2 Å². The van der Waals surface area contributed by atoms with Crippen LogP contribution in [0.25, 0.3) is 22.2 Å². The van der Waals surface area contributed by atoms with E-state index in [1.54, 1.807) is 44.6 Å². The molecule has 1 unspecified atom stereocenters. The lowest BCUT2D eigenvalue weighted by Crippen LogP contribution is -2.58. The third-order valence-electron chi connectivity index (χ3n) is 13.9. The summed E-state index contributed by atoms with van der Waals surface area (Å²) in [6.07, 6.45) is 5.17. The molecule has 2 saturated heterocycles. The summed E-state index contributed by atoms with van der Waals surface area (Å²) in [5.74, 6) is -3.80. The van der Waals surface area contributed by atoms with E-state index in [9.17, 15) is 40.8 Å². The number of methoxy groups -OCH3 is 1. The number of pyridine rings is 2. The summed E-state index contributed by atoms with van der Waals surface area (Å²) in [5, 5.41) is 2.89. The summed E-state index contributed by atoms with van der Waals surface area (Å²) in [4.78, 5) is 69.7. The van der Waals surface area contributed by atoms with Gasteiger partial charge in [0.2, 0.25) is 27.7 Å². The number of rotatable bonds is 9. The first-order valence-electron chi connectivity index (χ1n) is 22.2. The zero-order valence-electron chi connectivity index (χ0n) is 36.3. The largest absolute Gasteiger partial charge is 0.496 e. The van der Waals surface area contributed by atoms with Crippen molar-refractivity contribution in [2.45, 2.75) is 120 Å². The highest BCUT2D eigenvalue weighted by molar-refractivity contribution is 7.91. The predicted molar refractivity (Wildman–Crippen MR) is 230 cm³/mol. The molecule has 5 atom stereocenters. The van der Waals surface area contributed by atoms with Crippen molar-refractivity contribution in [3.8, 4) is 22.8 Å². The second kappa shape index (κ2) is 17.6. The van der Waals surface area contributed by atoms with Crippen LogP contribution in [0.2, 0.25) is 0 Å². The number of nitrogens with one attached hydrogen (secondary N) is 2. The number of ether oxygens (including phenoxy) is 2. The Balaban J connectivity index is 1.13. The van der Waals surface area contributed by atoms with E-state index in [4.69, 9.17) is 14.5 Å². The van der Waals surface area contributed by atoms with Crippen LogP contribution in [0.1, 0.15) is 89.5 Å². The maximum absolute atomic E-state index is 15.0. The predicted octanol–water partition coefficient (Wildman–Crippen LogP) is 6.16. The number of hydrogen-bond acceptors (Lipinski definition) is 10. The van der Waals surface area contributed by atoms with Crippen molar-refractivity contribution in [2.75, 3.05) is 26.7 Å². The van der Waals surface area contributed by atoms with Gasteiger partial charge in [0.15, 0.2) is 0 Å². The van der Waals surface area contributed by atoms with E-state index in [-0.39, 0.29) is 51.7 Å². The van der Waals surface area contributed by atoms with Crippen LogP contribution in [-0.2, 0) is 29.2 Å². The van der Waals surface area contributed by atoms with Crippen molar-refractivity contribution in [3.05, 3.63) is 60.4 Å². The number of fused-ring (bicyclic) bond motifs is 3. The maximum atomic E-state index is 15.0. The van der Waals surface area contributed by atoms with Gasteiger partial charge in [-0.05, 0) is 82.6 Å². The Morgan fingerprint density at radius 1 is 1.03 bits per heavy atom. The summed E-state index contributed by atoms with van der Waals surface area (Å²) in [5.41, 5.74) is 0.0703. The van der Waals surface area contributed by atoms with Crippen LogP contribution < -0.4 is 19.5 Å². The molecule has 0 spiro atoms. The molecule has 0 bridgehead atoms. The van der Waals surface area contributed by atoms with Crippen LogP contribution in [-0.4, -0.2) is 108 Å². The summed E-state index contributed by atoms with van der Waals surface area (Å²) >= 11 is 0. The smallest absolute Gasteiger partial charge is 0.391 e. The van der Waals surface area contributed by atoms with Crippen molar-refractivity contribution in [1.82, 2.24) is 29.8 Å². The molecule has 2 saturated carbocycles. The molecule has 3 aromatic rings. The third-order valence-corrected chi connectivity index (χ3v) is 15.7. The first-order chi connectivity index (χ1) is 30.4. The average molecular weight is 909 g/mol. The highest BCUT2D eigenvalue weighted by atomic mass is 32.2. The number of sulfonamides is 1. The number of amides is 4. The lowest BCUT2D eigenvalue weighted by Gasteiger charge is -2.34. The van der Waals surface area contributed by atoms with Gasteiger partial charge in [0, 0.05) is 72.2 Å². The molecule has 4 amide bonds. The lowest BCUT2D eigenvalue weighted by atomic mass is 9.92. The van der Waals surface area contributed by atoms with E-state index in [1.807, 2.05) is 31.2 Å². The molecular weight excluding hydrogens is 854 g/mol. The van der Waals surface area contributed by atoms with Gasteiger partial charge in [-0.3, -0.25) is 28.9 Å². The fourth-order valence-electron chi connectivity index (χ4n) is 9.69. The van der Waals surface area contributed by atoms with Gasteiger partial charge in [0.05, 0.1) is 36.0 Å². The number of aryl methyl sites for hydroxylation is 1. The fraction of sp³-hybridized carbons (Fsp3) is 0.565. The van der Waals surface area contributed by atoms with E-state index in [2.05, 4.69) is 15.0 Å². The molecule has 2 aliphatic carbocycles. The molecule has 5 heterocycles. The van der Waals surface area contributed by atoms with Gasteiger partial charge < -0.3 is 24.6 Å². The van der Waals surface area contributed by atoms with Crippen molar-refractivity contribution < 1.29 is 50.2 Å². The SMILES string of the molecule is COc1ccc2c(O[C@@H]3C[C@H]4C(=O)N[C@]5(C(=O)NS(=O)(=O)C6CC6)CC5(C)/C=C\CCCCC[C@H](CC(=O)N5CCC(C(F)(F)F)CC5)C(=O)N4C3)cc(-c3cccnc3)nc2c1C. The van der Waals surface area contributed by atoms with Crippen LogP contribution in [0.3, 0.4) is 0 Å². The summed E-state index contributed by atoms with van der Waals surface area (Å²) < 4.78 is 81.3.